The summed E-state index contributed by atoms with van der Waals surface area (Å²) in [6.07, 6.45) is -0.158. The van der Waals surface area contributed by atoms with Crippen molar-refractivity contribution in [2.24, 2.45) is 0 Å². The highest BCUT2D eigenvalue weighted by molar-refractivity contribution is 7.90. The van der Waals surface area contributed by atoms with Crippen LogP contribution in [0.1, 0.15) is 24.3 Å². The van der Waals surface area contributed by atoms with Crippen molar-refractivity contribution in [1.29, 1.82) is 0 Å². The second-order valence-corrected chi connectivity index (χ2v) is 8.59. The summed E-state index contributed by atoms with van der Waals surface area (Å²) in [5, 5.41) is 9.89. The highest BCUT2D eigenvalue weighted by atomic mass is 32.2. The van der Waals surface area contributed by atoms with Crippen LogP contribution in [0.25, 0.3) is 16.8 Å². The topological polar surface area (TPSA) is 85.6 Å². The normalized spacial score (nSPS) is 12.7. The summed E-state index contributed by atoms with van der Waals surface area (Å²) in [6.45, 7) is 3.60. The Kier molecular flexibility index (Phi) is 5.91. The fourth-order valence-electron chi connectivity index (χ4n) is 3.57. The SMILES string of the molecule is CCOC(C(=O)O)c1c(-c2ccccc2)c(S(C)(=O)=O)n(-c2ccccc2)c1C. The van der Waals surface area contributed by atoms with Gasteiger partial charge in [0, 0.05) is 35.4 Å². The van der Waals surface area contributed by atoms with Gasteiger partial charge in [-0.2, -0.15) is 0 Å². The summed E-state index contributed by atoms with van der Waals surface area (Å²) in [4.78, 5) is 12.0. The quantitative estimate of drug-likeness (QED) is 0.632. The van der Waals surface area contributed by atoms with E-state index in [-0.39, 0.29) is 11.6 Å². The van der Waals surface area contributed by atoms with Crippen molar-refractivity contribution < 1.29 is 23.1 Å². The average molecular weight is 413 g/mol. The molecule has 0 saturated heterocycles. The lowest BCUT2D eigenvalue weighted by Crippen LogP contribution is -2.17. The van der Waals surface area contributed by atoms with E-state index in [1.54, 1.807) is 66.9 Å². The smallest absolute Gasteiger partial charge is 0.337 e. The number of ether oxygens (including phenoxy) is 1. The molecule has 29 heavy (non-hydrogen) atoms. The first kappa shape index (κ1) is 20.8. The van der Waals surface area contributed by atoms with E-state index in [4.69, 9.17) is 4.74 Å². The van der Waals surface area contributed by atoms with Gasteiger partial charge in [0.25, 0.3) is 0 Å². The van der Waals surface area contributed by atoms with Crippen LogP contribution in [0.2, 0.25) is 0 Å². The lowest BCUT2D eigenvalue weighted by atomic mass is 9.99. The summed E-state index contributed by atoms with van der Waals surface area (Å²) >= 11 is 0. The molecule has 1 aromatic heterocycles. The van der Waals surface area contributed by atoms with Crippen molar-refractivity contribution >= 4 is 15.8 Å². The highest BCUT2D eigenvalue weighted by Crippen LogP contribution is 2.41. The molecule has 1 heterocycles. The van der Waals surface area contributed by atoms with E-state index < -0.39 is 21.9 Å². The second-order valence-electron chi connectivity index (χ2n) is 6.66. The number of benzene rings is 2. The van der Waals surface area contributed by atoms with Crippen LogP contribution in [0.4, 0.5) is 0 Å². The van der Waals surface area contributed by atoms with Crippen molar-refractivity contribution in [3.05, 3.63) is 71.9 Å². The van der Waals surface area contributed by atoms with Crippen LogP contribution < -0.4 is 0 Å². The minimum absolute atomic E-state index is 0.0494. The van der Waals surface area contributed by atoms with Gasteiger partial charge < -0.3 is 14.4 Å². The number of sulfone groups is 1. The number of aliphatic carboxylic acids is 1. The number of hydrogen-bond acceptors (Lipinski definition) is 4. The Morgan fingerprint density at radius 2 is 1.62 bits per heavy atom. The zero-order valence-corrected chi connectivity index (χ0v) is 17.3. The third-order valence-electron chi connectivity index (χ3n) is 4.66. The Balaban J connectivity index is 2.51. The van der Waals surface area contributed by atoms with Crippen molar-refractivity contribution in [3.8, 4) is 16.8 Å². The maximum atomic E-state index is 12.9. The molecular formula is C22H23NO5S. The molecule has 0 aliphatic carbocycles. The Bertz CT molecular complexity index is 1120. The van der Waals surface area contributed by atoms with Crippen LogP contribution in [0.15, 0.2) is 65.7 Å². The van der Waals surface area contributed by atoms with E-state index in [1.807, 2.05) is 12.1 Å². The Labute approximate surface area is 170 Å². The molecule has 1 N–H and O–H groups in total. The average Bonchev–Trinajstić information content (AvgIpc) is 3.00. The van der Waals surface area contributed by atoms with Crippen LogP contribution in [0.3, 0.4) is 0 Å². The standard InChI is InChI=1S/C22H23NO5S/c1-4-28-20(22(24)25)18-15(2)23(17-13-9-6-10-14-17)21(29(3,26)27)19(18)16-11-7-5-8-12-16/h5-14,20H,4H2,1-3H3,(H,24,25). The number of hydrogen-bond donors (Lipinski definition) is 1. The molecule has 0 bridgehead atoms. The van der Waals surface area contributed by atoms with E-state index >= 15 is 0 Å². The first-order chi connectivity index (χ1) is 13.8. The number of para-hydroxylation sites is 1. The molecule has 6 nitrogen and oxygen atoms in total. The van der Waals surface area contributed by atoms with Gasteiger partial charge in [-0.3, -0.25) is 0 Å². The number of carboxylic acid groups (broad SMARTS) is 1. The molecule has 0 aliphatic heterocycles. The molecular weight excluding hydrogens is 390 g/mol. The number of aromatic nitrogens is 1. The maximum Gasteiger partial charge on any atom is 0.337 e. The van der Waals surface area contributed by atoms with E-state index in [2.05, 4.69) is 0 Å². The molecule has 3 rings (SSSR count). The molecule has 3 aromatic rings. The lowest BCUT2D eigenvalue weighted by Gasteiger charge is -2.15. The van der Waals surface area contributed by atoms with Crippen molar-refractivity contribution in [2.75, 3.05) is 12.9 Å². The molecule has 0 spiro atoms. The zero-order chi connectivity index (χ0) is 21.2. The van der Waals surface area contributed by atoms with Gasteiger partial charge in [-0.15, -0.1) is 0 Å². The molecule has 1 unspecified atom stereocenters. The van der Waals surface area contributed by atoms with Gasteiger partial charge in [0.15, 0.2) is 15.9 Å². The second kappa shape index (κ2) is 8.23. The molecule has 152 valence electrons. The van der Waals surface area contributed by atoms with Crippen LogP contribution in [0, 0.1) is 6.92 Å². The van der Waals surface area contributed by atoms with E-state index in [9.17, 15) is 18.3 Å². The van der Waals surface area contributed by atoms with Gasteiger partial charge in [0.1, 0.15) is 5.03 Å². The summed E-state index contributed by atoms with van der Waals surface area (Å²) in [7, 11) is -3.72. The minimum Gasteiger partial charge on any atom is -0.479 e. The van der Waals surface area contributed by atoms with Crippen LogP contribution in [-0.2, 0) is 19.4 Å². The largest absolute Gasteiger partial charge is 0.479 e. The molecule has 0 saturated carbocycles. The number of nitrogens with zero attached hydrogens (tertiary/aromatic N) is 1. The molecule has 0 fully saturated rings. The zero-order valence-electron chi connectivity index (χ0n) is 16.5. The third-order valence-corrected chi connectivity index (χ3v) is 5.75. The first-order valence-corrected chi connectivity index (χ1v) is 11.1. The summed E-state index contributed by atoms with van der Waals surface area (Å²) in [5.41, 5.74) is 2.46. The van der Waals surface area contributed by atoms with Crippen molar-refractivity contribution in [2.45, 2.75) is 25.0 Å². The third kappa shape index (κ3) is 3.97. The highest BCUT2D eigenvalue weighted by Gasteiger charge is 2.35. The van der Waals surface area contributed by atoms with Crippen LogP contribution in [0.5, 0.6) is 0 Å². The first-order valence-electron chi connectivity index (χ1n) is 9.17. The van der Waals surface area contributed by atoms with Gasteiger partial charge in [-0.25, -0.2) is 13.2 Å². The summed E-state index contributed by atoms with van der Waals surface area (Å²) < 4.78 is 33.0. The lowest BCUT2D eigenvalue weighted by molar-refractivity contribution is -0.150. The molecule has 2 aromatic carbocycles. The maximum absolute atomic E-state index is 12.9. The Hall–Kier alpha value is -2.90. The van der Waals surface area contributed by atoms with Crippen LogP contribution in [-0.4, -0.2) is 36.9 Å². The van der Waals surface area contributed by atoms with Gasteiger partial charge in [-0.05, 0) is 31.5 Å². The minimum atomic E-state index is -3.72. The molecule has 0 aliphatic rings. The number of rotatable bonds is 7. The van der Waals surface area contributed by atoms with E-state index in [0.717, 1.165) is 6.26 Å². The van der Waals surface area contributed by atoms with Gasteiger partial charge in [0.05, 0.1) is 0 Å². The van der Waals surface area contributed by atoms with Gasteiger partial charge >= 0.3 is 5.97 Å². The predicted octanol–water partition coefficient (Wildman–Crippen LogP) is 4.02. The molecule has 7 heteroatoms. The molecule has 0 amide bonds. The predicted molar refractivity (Wildman–Crippen MR) is 111 cm³/mol. The summed E-state index contributed by atoms with van der Waals surface area (Å²) in [6, 6.07) is 18.0. The van der Waals surface area contributed by atoms with Crippen molar-refractivity contribution in [1.82, 2.24) is 4.57 Å². The number of carboxylic acids is 1. The van der Waals surface area contributed by atoms with Crippen molar-refractivity contribution in [3.63, 3.8) is 0 Å². The fourth-order valence-corrected chi connectivity index (χ4v) is 4.74. The fraction of sp³-hybridized carbons (Fsp3) is 0.227. The van der Waals surface area contributed by atoms with E-state index in [1.165, 1.54) is 0 Å². The Morgan fingerprint density at radius 1 is 1.07 bits per heavy atom. The van der Waals surface area contributed by atoms with E-state index in [0.29, 0.717) is 28.1 Å². The van der Waals surface area contributed by atoms with Gasteiger partial charge in [-0.1, -0.05) is 48.5 Å². The monoisotopic (exact) mass is 413 g/mol. The number of carbonyl (C=O) groups is 1. The van der Waals surface area contributed by atoms with Crippen LogP contribution >= 0.6 is 0 Å². The Morgan fingerprint density at radius 3 is 2.10 bits per heavy atom. The molecule has 1 atom stereocenters. The van der Waals surface area contributed by atoms with Gasteiger partial charge in [0.2, 0.25) is 0 Å². The summed E-state index contributed by atoms with van der Waals surface area (Å²) in [5.74, 6) is -1.17. The molecule has 0 radical (unpaired) electrons.